The first-order valence-corrected chi connectivity index (χ1v) is 10.2. The van der Waals surface area contributed by atoms with Crippen LogP contribution < -0.4 is 4.74 Å². The Kier molecular flexibility index (Phi) is 4.62. The van der Waals surface area contributed by atoms with Gasteiger partial charge in [0, 0.05) is 24.1 Å². The number of halogens is 1. The number of ether oxygens (including phenoxy) is 1. The third kappa shape index (κ3) is 3.17. The molecule has 0 amide bonds. The fourth-order valence-electron chi connectivity index (χ4n) is 3.06. The molecule has 0 saturated heterocycles. The molecule has 1 atom stereocenters. The summed E-state index contributed by atoms with van der Waals surface area (Å²) in [5.74, 6) is 0.143. The molecule has 1 aliphatic heterocycles. The van der Waals surface area contributed by atoms with E-state index in [4.69, 9.17) is 4.74 Å². The zero-order valence-corrected chi connectivity index (χ0v) is 15.7. The van der Waals surface area contributed by atoms with Gasteiger partial charge in [-0.3, -0.25) is 0 Å². The standard InChI is InChI=1S/C18H23FN2O3S/c1-5-25(22,23)13-6-7-14(15(19)10-13)17-16(11(2)3)18-21(20-17)9-8-12(4)24-18/h6-7,10-12H,5,8-9H2,1-4H3/t12-/m1/s1. The van der Waals surface area contributed by atoms with Crippen molar-refractivity contribution in [1.82, 2.24) is 9.78 Å². The summed E-state index contributed by atoms with van der Waals surface area (Å²) in [6.07, 6.45) is 0.943. The van der Waals surface area contributed by atoms with Gasteiger partial charge in [-0.25, -0.2) is 17.5 Å². The number of sulfone groups is 1. The first kappa shape index (κ1) is 17.9. The molecule has 1 aromatic heterocycles. The van der Waals surface area contributed by atoms with Crippen molar-refractivity contribution in [3.63, 3.8) is 0 Å². The lowest BCUT2D eigenvalue weighted by molar-refractivity contribution is 0.147. The van der Waals surface area contributed by atoms with Crippen molar-refractivity contribution in [3.8, 4) is 17.1 Å². The molecule has 1 aromatic carbocycles. The number of aryl methyl sites for hydroxylation is 1. The van der Waals surface area contributed by atoms with Crippen molar-refractivity contribution in [2.45, 2.75) is 57.6 Å². The Balaban J connectivity index is 2.14. The third-order valence-corrected chi connectivity index (χ3v) is 6.25. The van der Waals surface area contributed by atoms with E-state index in [1.807, 2.05) is 20.8 Å². The maximum atomic E-state index is 14.7. The largest absolute Gasteiger partial charge is 0.475 e. The molecule has 0 spiro atoms. The van der Waals surface area contributed by atoms with Crippen LogP contribution in [0.4, 0.5) is 4.39 Å². The Morgan fingerprint density at radius 1 is 1.40 bits per heavy atom. The molecule has 0 radical (unpaired) electrons. The van der Waals surface area contributed by atoms with Crippen molar-refractivity contribution >= 4 is 9.84 Å². The summed E-state index contributed by atoms with van der Waals surface area (Å²) in [6, 6.07) is 4.03. The van der Waals surface area contributed by atoms with E-state index in [1.54, 1.807) is 11.6 Å². The Bertz CT molecular complexity index is 903. The highest BCUT2D eigenvalue weighted by molar-refractivity contribution is 7.91. The predicted molar refractivity (Wildman–Crippen MR) is 94.1 cm³/mol. The average molecular weight is 366 g/mol. The van der Waals surface area contributed by atoms with E-state index in [2.05, 4.69) is 5.10 Å². The number of hydrogen-bond donors (Lipinski definition) is 0. The zero-order chi connectivity index (χ0) is 18.4. The normalized spacial score (nSPS) is 17.4. The van der Waals surface area contributed by atoms with Crippen molar-refractivity contribution in [2.24, 2.45) is 0 Å². The number of fused-ring (bicyclic) bond motifs is 1. The molecule has 0 bridgehead atoms. The summed E-state index contributed by atoms with van der Waals surface area (Å²) in [7, 11) is -3.45. The summed E-state index contributed by atoms with van der Waals surface area (Å²) in [5.41, 5.74) is 1.69. The van der Waals surface area contributed by atoms with Gasteiger partial charge in [-0.05, 0) is 31.0 Å². The molecule has 5 nitrogen and oxygen atoms in total. The van der Waals surface area contributed by atoms with E-state index in [0.717, 1.165) is 24.6 Å². The van der Waals surface area contributed by atoms with Crippen LogP contribution in [0.3, 0.4) is 0 Å². The second kappa shape index (κ2) is 6.44. The molecule has 0 fully saturated rings. The second-order valence-electron chi connectivity index (χ2n) is 6.71. The molecule has 0 unspecified atom stereocenters. The summed E-state index contributed by atoms with van der Waals surface area (Å²) < 4.78 is 46.4. The van der Waals surface area contributed by atoms with E-state index < -0.39 is 15.7 Å². The van der Waals surface area contributed by atoms with Gasteiger partial charge in [-0.2, -0.15) is 5.10 Å². The molecule has 25 heavy (non-hydrogen) atoms. The summed E-state index contributed by atoms with van der Waals surface area (Å²) >= 11 is 0. The van der Waals surface area contributed by atoms with Crippen molar-refractivity contribution in [3.05, 3.63) is 29.6 Å². The number of rotatable bonds is 4. The molecule has 3 rings (SSSR count). The predicted octanol–water partition coefficient (Wildman–Crippen LogP) is 3.78. The molecule has 7 heteroatoms. The van der Waals surface area contributed by atoms with Gasteiger partial charge < -0.3 is 4.74 Å². The first-order chi connectivity index (χ1) is 11.7. The number of aromatic nitrogens is 2. The minimum atomic E-state index is -3.45. The van der Waals surface area contributed by atoms with Gasteiger partial charge in [-0.15, -0.1) is 0 Å². The van der Waals surface area contributed by atoms with Gasteiger partial charge in [0.15, 0.2) is 9.84 Å². The monoisotopic (exact) mass is 366 g/mol. The Labute approximate surface area is 147 Å². The van der Waals surface area contributed by atoms with E-state index in [1.165, 1.54) is 12.1 Å². The minimum Gasteiger partial charge on any atom is -0.475 e. The Hall–Kier alpha value is -1.89. The van der Waals surface area contributed by atoms with Gasteiger partial charge >= 0.3 is 0 Å². The van der Waals surface area contributed by atoms with E-state index >= 15 is 0 Å². The lowest BCUT2D eigenvalue weighted by Crippen LogP contribution is -2.23. The van der Waals surface area contributed by atoms with Gasteiger partial charge in [0.1, 0.15) is 11.5 Å². The molecule has 0 aliphatic carbocycles. The van der Waals surface area contributed by atoms with Crippen LogP contribution in [-0.2, 0) is 16.4 Å². The molecule has 1 aliphatic rings. The molecule has 136 valence electrons. The molecular weight excluding hydrogens is 343 g/mol. The van der Waals surface area contributed by atoms with Crippen molar-refractivity contribution in [1.29, 1.82) is 0 Å². The lowest BCUT2D eigenvalue weighted by Gasteiger charge is -2.23. The molecule has 0 saturated carbocycles. The van der Waals surface area contributed by atoms with Crippen molar-refractivity contribution < 1.29 is 17.5 Å². The van der Waals surface area contributed by atoms with Gasteiger partial charge in [-0.1, -0.05) is 20.8 Å². The van der Waals surface area contributed by atoms with Crippen LogP contribution in [0.5, 0.6) is 5.88 Å². The minimum absolute atomic E-state index is 0.00353. The fourth-order valence-corrected chi connectivity index (χ4v) is 3.95. The quantitative estimate of drug-likeness (QED) is 0.826. The summed E-state index contributed by atoms with van der Waals surface area (Å²) in [4.78, 5) is -0.00353. The summed E-state index contributed by atoms with van der Waals surface area (Å²) in [5, 5.41) is 4.55. The highest BCUT2D eigenvalue weighted by Crippen LogP contribution is 2.39. The number of nitrogens with zero attached hydrogens (tertiary/aromatic N) is 2. The zero-order valence-electron chi connectivity index (χ0n) is 14.9. The Morgan fingerprint density at radius 3 is 2.72 bits per heavy atom. The number of benzene rings is 1. The first-order valence-electron chi connectivity index (χ1n) is 8.54. The smallest absolute Gasteiger partial charge is 0.216 e. The van der Waals surface area contributed by atoms with E-state index in [-0.39, 0.29) is 22.7 Å². The molecule has 2 aromatic rings. The van der Waals surface area contributed by atoms with E-state index in [0.29, 0.717) is 17.1 Å². The second-order valence-corrected chi connectivity index (χ2v) is 8.99. The van der Waals surface area contributed by atoms with Crippen molar-refractivity contribution in [2.75, 3.05) is 5.75 Å². The highest BCUT2D eigenvalue weighted by Gasteiger charge is 2.28. The van der Waals surface area contributed by atoms with Gasteiger partial charge in [0.25, 0.3) is 0 Å². The summed E-state index contributed by atoms with van der Waals surface area (Å²) in [6.45, 7) is 8.29. The van der Waals surface area contributed by atoms with Crippen LogP contribution in [-0.4, -0.2) is 30.1 Å². The molecule has 2 heterocycles. The van der Waals surface area contributed by atoms with Crippen LogP contribution in [0.1, 0.15) is 45.6 Å². The average Bonchev–Trinajstić information content (AvgIpc) is 2.93. The van der Waals surface area contributed by atoms with Crippen LogP contribution in [0.2, 0.25) is 0 Å². The fraction of sp³-hybridized carbons (Fsp3) is 0.500. The topological polar surface area (TPSA) is 61.2 Å². The van der Waals surface area contributed by atoms with Crippen LogP contribution in [0.15, 0.2) is 23.1 Å². The van der Waals surface area contributed by atoms with Gasteiger partial charge in [0.05, 0.1) is 16.8 Å². The maximum Gasteiger partial charge on any atom is 0.216 e. The van der Waals surface area contributed by atoms with Crippen LogP contribution in [0.25, 0.3) is 11.3 Å². The molecule has 0 N–H and O–H groups in total. The SMILES string of the molecule is CCS(=O)(=O)c1ccc(-c2nn3c(c2C(C)C)O[C@H](C)CC3)c(F)c1. The highest BCUT2D eigenvalue weighted by atomic mass is 32.2. The van der Waals surface area contributed by atoms with Gasteiger partial charge in [0.2, 0.25) is 5.88 Å². The lowest BCUT2D eigenvalue weighted by atomic mass is 9.98. The van der Waals surface area contributed by atoms with Crippen LogP contribution in [0, 0.1) is 5.82 Å². The number of hydrogen-bond acceptors (Lipinski definition) is 4. The molecular formula is C18H23FN2O3S. The third-order valence-electron chi connectivity index (χ3n) is 4.51. The van der Waals surface area contributed by atoms with Crippen LogP contribution >= 0.6 is 0 Å². The van der Waals surface area contributed by atoms with E-state index in [9.17, 15) is 12.8 Å². The maximum absolute atomic E-state index is 14.7. The Morgan fingerprint density at radius 2 is 2.12 bits per heavy atom.